The average molecular weight is 269 g/mol. The summed E-state index contributed by atoms with van der Waals surface area (Å²) in [4.78, 5) is 4.26. The number of ether oxygens (including phenoxy) is 1. The maximum absolute atomic E-state index is 5.78. The van der Waals surface area contributed by atoms with Crippen LogP contribution in [0.15, 0.2) is 48.7 Å². The third-order valence-electron chi connectivity index (χ3n) is 4.00. The van der Waals surface area contributed by atoms with Crippen molar-refractivity contribution in [3.05, 3.63) is 59.8 Å². The molecule has 20 heavy (non-hydrogen) atoms. The third-order valence-corrected chi connectivity index (χ3v) is 4.00. The van der Waals surface area contributed by atoms with Crippen LogP contribution in [0, 0.1) is 5.92 Å². The van der Waals surface area contributed by atoms with Gasteiger partial charge >= 0.3 is 0 Å². The first-order chi connectivity index (χ1) is 9.85. The van der Waals surface area contributed by atoms with Crippen LogP contribution in [0.25, 0.3) is 0 Å². The van der Waals surface area contributed by atoms with Gasteiger partial charge in [0.1, 0.15) is 0 Å². The molecule has 3 rings (SSSR count). The van der Waals surface area contributed by atoms with Crippen LogP contribution < -0.4 is 16.0 Å². The van der Waals surface area contributed by atoms with Crippen LogP contribution in [0.3, 0.4) is 0 Å². The molecular formula is C16H19N3O. The second kappa shape index (κ2) is 5.61. The highest BCUT2D eigenvalue weighted by atomic mass is 16.5. The highest BCUT2D eigenvalue weighted by molar-refractivity contribution is 5.34. The Balaban J connectivity index is 1.82. The molecule has 1 aliphatic rings. The van der Waals surface area contributed by atoms with E-state index in [9.17, 15) is 0 Å². The number of hydrogen-bond acceptors (Lipinski definition) is 4. The summed E-state index contributed by atoms with van der Waals surface area (Å²) in [6.07, 6.45) is 2.87. The van der Waals surface area contributed by atoms with Crippen molar-refractivity contribution in [1.82, 2.24) is 10.4 Å². The number of methoxy groups -OCH3 is 1. The number of rotatable bonds is 5. The lowest BCUT2D eigenvalue weighted by atomic mass is 10.00. The first kappa shape index (κ1) is 13.1. The normalized spacial score (nSPS) is 22.3. The zero-order chi connectivity index (χ0) is 13.9. The van der Waals surface area contributed by atoms with E-state index in [1.165, 1.54) is 5.56 Å². The lowest BCUT2D eigenvalue weighted by molar-refractivity contribution is 0.375. The monoisotopic (exact) mass is 269 g/mol. The summed E-state index contributed by atoms with van der Waals surface area (Å²) in [5.74, 6) is 7.47. The summed E-state index contributed by atoms with van der Waals surface area (Å²) in [6.45, 7) is 0. The molecule has 0 aliphatic heterocycles. The van der Waals surface area contributed by atoms with Gasteiger partial charge in [-0.25, -0.2) is 4.98 Å². The van der Waals surface area contributed by atoms with Gasteiger partial charge in [0, 0.05) is 11.8 Å². The number of aromatic nitrogens is 1. The first-order valence-corrected chi connectivity index (χ1v) is 6.85. The van der Waals surface area contributed by atoms with Gasteiger partial charge in [-0.05, 0) is 29.9 Å². The molecule has 1 heterocycles. The molecule has 0 spiro atoms. The summed E-state index contributed by atoms with van der Waals surface area (Å²) in [6, 6.07) is 14.6. The molecule has 1 fully saturated rings. The van der Waals surface area contributed by atoms with Crippen LogP contribution in [0.5, 0.6) is 5.88 Å². The van der Waals surface area contributed by atoms with Gasteiger partial charge in [-0.15, -0.1) is 0 Å². The summed E-state index contributed by atoms with van der Waals surface area (Å²) < 4.78 is 5.34. The molecule has 1 saturated carbocycles. The zero-order valence-corrected chi connectivity index (χ0v) is 11.5. The summed E-state index contributed by atoms with van der Waals surface area (Å²) in [7, 11) is 1.64. The zero-order valence-electron chi connectivity index (χ0n) is 11.5. The SMILES string of the molecule is COc1ncccc1C(NN)C1CC1c1ccccc1. The van der Waals surface area contributed by atoms with Gasteiger partial charge in [-0.3, -0.25) is 11.3 Å². The van der Waals surface area contributed by atoms with Crippen LogP contribution >= 0.6 is 0 Å². The first-order valence-electron chi connectivity index (χ1n) is 6.85. The predicted octanol–water partition coefficient (Wildman–Crippen LogP) is 2.40. The summed E-state index contributed by atoms with van der Waals surface area (Å²) in [5.41, 5.74) is 5.34. The Morgan fingerprint density at radius 2 is 2.05 bits per heavy atom. The van der Waals surface area contributed by atoms with Crippen molar-refractivity contribution >= 4 is 0 Å². The molecular weight excluding hydrogens is 250 g/mol. The van der Waals surface area contributed by atoms with Crippen molar-refractivity contribution < 1.29 is 4.74 Å². The maximum Gasteiger partial charge on any atom is 0.217 e. The van der Waals surface area contributed by atoms with Crippen molar-refractivity contribution in [2.24, 2.45) is 11.8 Å². The molecule has 0 radical (unpaired) electrons. The van der Waals surface area contributed by atoms with E-state index in [1.54, 1.807) is 13.3 Å². The summed E-state index contributed by atoms with van der Waals surface area (Å²) >= 11 is 0. The minimum Gasteiger partial charge on any atom is -0.481 e. The second-order valence-electron chi connectivity index (χ2n) is 5.16. The van der Waals surface area contributed by atoms with E-state index in [4.69, 9.17) is 10.6 Å². The Hall–Kier alpha value is -1.91. The lowest BCUT2D eigenvalue weighted by Gasteiger charge is -2.18. The highest BCUT2D eigenvalue weighted by Gasteiger charge is 2.44. The second-order valence-corrected chi connectivity index (χ2v) is 5.16. The standard InChI is InChI=1S/C16H19N3O/c1-20-16-12(8-5-9-18-16)15(19-17)14-10-13(14)11-6-3-2-4-7-11/h2-9,13-15,19H,10,17H2,1H3. The number of nitrogens with two attached hydrogens (primary N) is 1. The fraction of sp³-hybridized carbons (Fsp3) is 0.312. The maximum atomic E-state index is 5.78. The number of nitrogens with zero attached hydrogens (tertiary/aromatic N) is 1. The number of benzene rings is 1. The van der Waals surface area contributed by atoms with Crippen molar-refractivity contribution in [3.8, 4) is 5.88 Å². The van der Waals surface area contributed by atoms with Crippen LogP contribution in [-0.2, 0) is 0 Å². The Labute approximate surface area is 119 Å². The highest BCUT2D eigenvalue weighted by Crippen LogP contribution is 2.54. The van der Waals surface area contributed by atoms with Gasteiger partial charge < -0.3 is 4.74 Å². The Kier molecular flexibility index (Phi) is 3.67. The molecule has 4 nitrogen and oxygen atoms in total. The molecule has 3 atom stereocenters. The topological polar surface area (TPSA) is 60.2 Å². The molecule has 1 aromatic carbocycles. The average Bonchev–Trinajstić information content (AvgIpc) is 3.30. The van der Waals surface area contributed by atoms with Gasteiger partial charge in [0.2, 0.25) is 5.88 Å². The van der Waals surface area contributed by atoms with Crippen LogP contribution in [-0.4, -0.2) is 12.1 Å². The molecule has 1 aromatic heterocycles. The van der Waals surface area contributed by atoms with Crippen LogP contribution in [0.1, 0.15) is 29.5 Å². The third kappa shape index (κ3) is 2.40. The lowest BCUT2D eigenvalue weighted by Crippen LogP contribution is -2.30. The van der Waals surface area contributed by atoms with Crippen molar-refractivity contribution in [2.75, 3.05) is 7.11 Å². The van der Waals surface area contributed by atoms with E-state index in [0.29, 0.717) is 17.7 Å². The fourth-order valence-corrected chi connectivity index (χ4v) is 2.92. The van der Waals surface area contributed by atoms with E-state index < -0.39 is 0 Å². The number of hydrazine groups is 1. The number of hydrogen-bond donors (Lipinski definition) is 2. The van der Waals surface area contributed by atoms with E-state index in [0.717, 1.165) is 12.0 Å². The molecule has 3 N–H and O–H groups in total. The fourth-order valence-electron chi connectivity index (χ4n) is 2.92. The molecule has 2 aromatic rings. The van der Waals surface area contributed by atoms with Gasteiger partial charge in [0.25, 0.3) is 0 Å². The van der Waals surface area contributed by atoms with Gasteiger partial charge in [0.05, 0.1) is 13.2 Å². The molecule has 1 aliphatic carbocycles. The van der Waals surface area contributed by atoms with Gasteiger partial charge in [0.15, 0.2) is 0 Å². The largest absolute Gasteiger partial charge is 0.481 e. The molecule has 0 amide bonds. The van der Waals surface area contributed by atoms with E-state index >= 15 is 0 Å². The minimum absolute atomic E-state index is 0.0730. The number of pyridine rings is 1. The van der Waals surface area contributed by atoms with Crippen LogP contribution in [0.2, 0.25) is 0 Å². The van der Waals surface area contributed by atoms with Crippen molar-refractivity contribution in [2.45, 2.75) is 18.4 Å². The smallest absolute Gasteiger partial charge is 0.217 e. The van der Waals surface area contributed by atoms with E-state index in [1.807, 2.05) is 18.2 Å². The Morgan fingerprint density at radius 3 is 2.75 bits per heavy atom. The minimum atomic E-state index is 0.0730. The summed E-state index contributed by atoms with van der Waals surface area (Å²) in [5, 5.41) is 0. The van der Waals surface area contributed by atoms with E-state index in [2.05, 4.69) is 34.7 Å². The quantitative estimate of drug-likeness (QED) is 0.646. The molecule has 4 heteroatoms. The van der Waals surface area contributed by atoms with Crippen molar-refractivity contribution in [1.29, 1.82) is 0 Å². The molecule has 3 unspecified atom stereocenters. The molecule has 104 valence electrons. The van der Waals surface area contributed by atoms with E-state index in [-0.39, 0.29) is 6.04 Å². The molecule has 0 bridgehead atoms. The number of nitrogens with one attached hydrogen (secondary N) is 1. The van der Waals surface area contributed by atoms with Gasteiger partial charge in [-0.2, -0.15) is 0 Å². The van der Waals surface area contributed by atoms with Crippen LogP contribution in [0.4, 0.5) is 0 Å². The van der Waals surface area contributed by atoms with Crippen molar-refractivity contribution in [3.63, 3.8) is 0 Å². The Bertz CT molecular complexity index is 573. The molecule has 0 saturated heterocycles. The Morgan fingerprint density at radius 1 is 1.25 bits per heavy atom. The van der Waals surface area contributed by atoms with Gasteiger partial charge in [-0.1, -0.05) is 36.4 Å². The predicted molar refractivity (Wildman–Crippen MR) is 78.1 cm³/mol.